The number of nitrogens with zero attached hydrogens (tertiary/aromatic N) is 2. The molecule has 0 fully saturated rings. The van der Waals surface area contributed by atoms with Crippen molar-refractivity contribution in [2.24, 2.45) is 16.2 Å². The Balaban J connectivity index is 5.73. The van der Waals surface area contributed by atoms with Gasteiger partial charge in [0, 0.05) is 86.9 Å². The smallest absolute Gasteiger partial charge is 0.225 e. The molecule has 0 aliphatic rings. The summed E-state index contributed by atoms with van der Waals surface area (Å²) in [6.07, 6.45) is 74.4. The van der Waals surface area contributed by atoms with Gasteiger partial charge in [0.25, 0.3) is 0 Å². The van der Waals surface area contributed by atoms with Gasteiger partial charge in [-0.3, -0.25) is 28.8 Å². The van der Waals surface area contributed by atoms with Crippen molar-refractivity contribution in [3.63, 3.8) is 0 Å². The zero-order valence-corrected chi connectivity index (χ0v) is 77.0. The summed E-state index contributed by atoms with van der Waals surface area (Å²) in [6, 6.07) is 0.541. The molecule has 0 aromatic heterocycles. The Labute approximate surface area is 696 Å². The summed E-state index contributed by atoms with van der Waals surface area (Å²) >= 11 is 0. The maximum atomic E-state index is 13.9. The minimum atomic E-state index is -0.436. The normalized spacial score (nSPS) is 12.1. The highest BCUT2D eigenvalue weighted by atomic mass is 16.2. The van der Waals surface area contributed by atoms with Crippen molar-refractivity contribution >= 4 is 35.4 Å². The first kappa shape index (κ1) is 109. The molecular weight excluding hydrogens is 1390 g/mol. The molecule has 14 heteroatoms. The molecule has 6 N–H and O–H groups in total. The third kappa shape index (κ3) is 68.8. The van der Waals surface area contributed by atoms with Crippen molar-refractivity contribution in [3.8, 4) is 0 Å². The van der Waals surface area contributed by atoms with Crippen LogP contribution in [-0.2, 0) is 28.8 Å². The van der Waals surface area contributed by atoms with Crippen LogP contribution in [0.5, 0.6) is 0 Å². The van der Waals surface area contributed by atoms with Gasteiger partial charge in [0.05, 0.1) is 0 Å². The van der Waals surface area contributed by atoms with E-state index in [9.17, 15) is 28.8 Å². The fourth-order valence-corrected chi connectivity index (χ4v) is 16.0. The molecule has 0 radical (unpaired) electrons. The van der Waals surface area contributed by atoms with Gasteiger partial charge in [-0.2, -0.15) is 0 Å². The second-order valence-corrected chi connectivity index (χ2v) is 37.0. The Hall–Kier alpha value is -3.26. The van der Waals surface area contributed by atoms with Gasteiger partial charge >= 0.3 is 0 Å². The van der Waals surface area contributed by atoms with Crippen LogP contribution in [0.3, 0.4) is 0 Å². The summed E-state index contributed by atoms with van der Waals surface area (Å²) in [5, 5.41) is 19.9. The van der Waals surface area contributed by atoms with Crippen molar-refractivity contribution in [3.05, 3.63) is 0 Å². The van der Waals surface area contributed by atoms with Crippen LogP contribution in [0.4, 0.5) is 0 Å². The summed E-state index contributed by atoms with van der Waals surface area (Å²) in [6.45, 7) is 34.0. The predicted octanol–water partition coefficient (Wildman–Crippen LogP) is 25.6. The molecule has 0 unspecified atom stereocenters. The molecule has 14 nitrogen and oxygen atoms in total. The van der Waals surface area contributed by atoms with Crippen molar-refractivity contribution in [2.75, 3.05) is 65.4 Å². The number of amides is 6. The van der Waals surface area contributed by atoms with E-state index in [1.54, 1.807) is 0 Å². The van der Waals surface area contributed by atoms with Gasteiger partial charge in [-0.25, -0.2) is 0 Å². The van der Waals surface area contributed by atoms with Crippen LogP contribution in [0.1, 0.15) is 500 Å². The summed E-state index contributed by atoms with van der Waals surface area (Å²) in [5.74, 6) is 0.543. The van der Waals surface area contributed by atoms with E-state index in [-0.39, 0.29) is 60.4 Å². The fraction of sp³-hybridized carbons (Fsp3) is 0.939. The molecule has 0 saturated heterocycles. The lowest BCUT2D eigenvalue weighted by Gasteiger charge is -2.28. The number of rotatable bonds is 87. The molecular formula is C98H194N8O6. The molecule has 0 bridgehead atoms. The van der Waals surface area contributed by atoms with E-state index >= 15 is 0 Å². The van der Waals surface area contributed by atoms with Crippen LogP contribution in [-0.4, -0.2) is 123 Å². The Morgan fingerprint density at radius 2 is 0.446 bits per heavy atom. The summed E-state index contributed by atoms with van der Waals surface area (Å²) in [4.78, 5) is 85.8. The Morgan fingerprint density at radius 3 is 0.768 bits per heavy atom. The molecule has 0 aromatic rings. The largest absolute Gasteiger partial charge is 0.356 e. The Bertz CT molecular complexity index is 2120. The highest BCUT2D eigenvalue weighted by Gasteiger charge is 2.31. The molecule has 0 heterocycles. The molecule has 0 aliphatic heterocycles. The molecule has 0 aliphatic carbocycles. The molecule has 662 valence electrons. The maximum absolute atomic E-state index is 13.9. The number of hydrogen-bond donors (Lipinski definition) is 6. The van der Waals surface area contributed by atoms with E-state index in [2.05, 4.69) is 125 Å². The van der Waals surface area contributed by atoms with Crippen LogP contribution in [0.15, 0.2) is 0 Å². The number of carbonyl (C=O) groups is 6. The Kier molecular flexibility index (Phi) is 75.4. The van der Waals surface area contributed by atoms with Gasteiger partial charge in [-0.15, -0.1) is 0 Å². The summed E-state index contributed by atoms with van der Waals surface area (Å²) < 4.78 is 0. The monoisotopic (exact) mass is 1580 g/mol. The van der Waals surface area contributed by atoms with Crippen LogP contribution in [0, 0.1) is 16.2 Å². The van der Waals surface area contributed by atoms with Gasteiger partial charge in [-0.05, 0) is 116 Å². The second-order valence-electron chi connectivity index (χ2n) is 37.0. The van der Waals surface area contributed by atoms with Crippen molar-refractivity contribution in [2.45, 2.75) is 513 Å². The standard InChI is InChI=1S/C98H194N8O6/c1-13-19-25-31-37-39-41-49-62-78-99-90(107)72-58-53-66-84-105(82-64-51-47-59-75-97(9,10)94(111)103-88(68-54-43-33-27-21-15-3)69-55-44-34-28-22-16-4)86-80-100-91(108)73-74-92(109)101-81-87-106(85-67-61-77-96(7,8)93(110)102-79-63-50-42-40-38-32-26-20-14-2)83-65-52-48-60-76-98(11,12)95(112)104-89(70-56-45-35-29-23-17-5)71-57-46-36-30-24-18-6/h88-89H,13-87H2,1-12H3,(H,99,107)(H,100,108)(H,101,109)(H,102,110)(H,103,111)(H,104,112). The average molecular weight is 1580 g/mol. The van der Waals surface area contributed by atoms with E-state index in [1.807, 2.05) is 0 Å². The molecule has 0 aromatic carbocycles. The average Bonchev–Trinajstić information content (AvgIpc) is 0.883. The van der Waals surface area contributed by atoms with Crippen LogP contribution in [0.25, 0.3) is 0 Å². The molecule has 0 saturated carbocycles. The zero-order chi connectivity index (χ0) is 82.5. The maximum Gasteiger partial charge on any atom is 0.225 e. The van der Waals surface area contributed by atoms with Crippen LogP contribution < -0.4 is 31.9 Å². The summed E-state index contributed by atoms with van der Waals surface area (Å²) in [7, 11) is 0. The minimum Gasteiger partial charge on any atom is -0.356 e. The van der Waals surface area contributed by atoms with Gasteiger partial charge in [-0.1, -0.05) is 391 Å². The van der Waals surface area contributed by atoms with E-state index < -0.39 is 16.2 Å². The van der Waals surface area contributed by atoms with Crippen LogP contribution >= 0.6 is 0 Å². The SMILES string of the molecule is CCCCCCCCCCCNC(=O)CCCCCN(CCCCCCC(C)(C)C(=O)NC(CCCCCCCC)CCCCCCCC)CCNC(=O)CCC(=O)NCCN(CCCCCCC(C)(C)C(=O)NC(CCCCCCCC)CCCCCCCC)CCCCC(C)(C)C(=O)NCCCCCCCCCCC. The third-order valence-electron chi connectivity index (χ3n) is 24.3. The minimum absolute atomic E-state index is 0.103. The van der Waals surface area contributed by atoms with Gasteiger partial charge < -0.3 is 41.7 Å². The van der Waals surface area contributed by atoms with Crippen molar-refractivity contribution < 1.29 is 28.8 Å². The fourth-order valence-electron chi connectivity index (χ4n) is 16.0. The first-order chi connectivity index (χ1) is 54.2. The van der Waals surface area contributed by atoms with E-state index in [0.717, 1.165) is 194 Å². The first-order valence-corrected chi connectivity index (χ1v) is 49.4. The molecule has 6 amide bonds. The molecule has 0 atom stereocenters. The van der Waals surface area contributed by atoms with Gasteiger partial charge in [0.15, 0.2) is 0 Å². The van der Waals surface area contributed by atoms with Crippen molar-refractivity contribution in [1.82, 2.24) is 41.7 Å². The van der Waals surface area contributed by atoms with E-state index in [1.165, 1.54) is 257 Å². The highest BCUT2D eigenvalue weighted by molar-refractivity contribution is 5.84. The third-order valence-corrected chi connectivity index (χ3v) is 24.3. The molecule has 0 spiro atoms. The number of unbranched alkanes of at least 4 members (excludes halogenated alkanes) is 45. The highest BCUT2D eigenvalue weighted by Crippen LogP contribution is 2.29. The van der Waals surface area contributed by atoms with E-state index in [0.29, 0.717) is 19.5 Å². The lowest BCUT2D eigenvalue weighted by atomic mass is 9.85. The van der Waals surface area contributed by atoms with Gasteiger partial charge in [0.1, 0.15) is 0 Å². The topological polar surface area (TPSA) is 181 Å². The Morgan fingerprint density at radius 1 is 0.223 bits per heavy atom. The lowest BCUT2D eigenvalue weighted by molar-refractivity contribution is -0.131. The lowest BCUT2D eigenvalue weighted by Crippen LogP contribution is -2.43. The van der Waals surface area contributed by atoms with E-state index in [4.69, 9.17) is 0 Å². The first-order valence-electron chi connectivity index (χ1n) is 49.4. The quantitative estimate of drug-likeness (QED) is 0.0326. The predicted molar refractivity (Wildman–Crippen MR) is 484 cm³/mol. The second kappa shape index (κ2) is 77.6. The zero-order valence-electron chi connectivity index (χ0n) is 77.0. The molecule has 0 rings (SSSR count). The van der Waals surface area contributed by atoms with Gasteiger partial charge in [0.2, 0.25) is 35.4 Å². The summed E-state index contributed by atoms with van der Waals surface area (Å²) in [5.41, 5.74) is -1.25. The van der Waals surface area contributed by atoms with Crippen LogP contribution in [0.2, 0.25) is 0 Å². The van der Waals surface area contributed by atoms with Crippen molar-refractivity contribution in [1.29, 1.82) is 0 Å². The number of nitrogens with one attached hydrogen (secondary N) is 6. The number of carbonyl (C=O) groups excluding carboxylic acids is 6. The number of hydrogen-bond acceptors (Lipinski definition) is 8. The molecule has 112 heavy (non-hydrogen) atoms.